The van der Waals surface area contributed by atoms with Crippen LogP contribution in [0.3, 0.4) is 0 Å². The molecule has 0 bridgehead atoms. The molecule has 1 aromatic rings. The van der Waals surface area contributed by atoms with Gasteiger partial charge in [-0.2, -0.15) is 0 Å². The smallest absolute Gasteiger partial charge is 0.272 e. The first-order valence-electron chi connectivity index (χ1n) is 4.77. The fourth-order valence-electron chi connectivity index (χ4n) is 1.10. The van der Waals surface area contributed by atoms with Crippen LogP contribution >= 0.6 is 0 Å². The Morgan fingerprint density at radius 1 is 1.40 bits per heavy atom. The third-order valence-corrected chi connectivity index (χ3v) is 1.96. The average molecular weight is 215 g/mol. The molecule has 0 spiro atoms. The van der Waals surface area contributed by atoms with E-state index < -0.39 is 13.0 Å². The van der Waals surface area contributed by atoms with Crippen molar-refractivity contribution in [2.45, 2.75) is 32.6 Å². The van der Waals surface area contributed by atoms with E-state index in [9.17, 15) is 8.78 Å². The summed E-state index contributed by atoms with van der Waals surface area (Å²) in [7, 11) is 0. The van der Waals surface area contributed by atoms with Crippen molar-refractivity contribution in [3.8, 4) is 5.88 Å². The number of hydrogen-bond donors (Lipinski definition) is 0. The third-order valence-electron chi connectivity index (χ3n) is 1.96. The minimum absolute atomic E-state index is 0.0358. The number of rotatable bonds is 3. The van der Waals surface area contributed by atoms with Crippen molar-refractivity contribution in [1.82, 2.24) is 4.98 Å². The molecule has 0 fully saturated rings. The summed E-state index contributed by atoms with van der Waals surface area (Å²) < 4.78 is 28.6. The van der Waals surface area contributed by atoms with Gasteiger partial charge < -0.3 is 4.74 Å². The van der Waals surface area contributed by atoms with Crippen molar-refractivity contribution in [3.05, 3.63) is 23.9 Å². The normalized spacial score (nSPS) is 11.9. The Hall–Kier alpha value is -1.19. The Morgan fingerprint density at radius 3 is 2.60 bits per heavy atom. The van der Waals surface area contributed by atoms with Crippen LogP contribution < -0.4 is 4.74 Å². The molecule has 0 N–H and O–H groups in total. The Labute approximate surface area is 88.3 Å². The minimum Gasteiger partial charge on any atom is -0.472 e. The fraction of sp³-hybridized carbons (Fsp3) is 0.545. The van der Waals surface area contributed by atoms with Crippen molar-refractivity contribution in [2.75, 3.05) is 6.61 Å². The van der Waals surface area contributed by atoms with Gasteiger partial charge in [-0.1, -0.05) is 20.8 Å². The Bertz CT molecular complexity index is 321. The van der Waals surface area contributed by atoms with Gasteiger partial charge in [0.25, 0.3) is 6.43 Å². The fourth-order valence-corrected chi connectivity index (χ4v) is 1.10. The van der Waals surface area contributed by atoms with Crippen molar-refractivity contribution < 1.29 is 13.5 Å². The summed E-state index contributed by atoms with van der Waals surface area (Å²) >= 11 is 0. The molecule has 0 aliphatic rings. The summed E-state index contributed by atoms with van der Waals surface area (Å²) in [6, 6.07) is 3.55. The highest BCUT2D eigenvalue weighted by Crippen LogP contribution is 2.24. The first kappa shape index (κ1) is 11.9. The predicted molar refractivity (Wildman–Crippen MR) is 54.4 cm³/mol. The van der Waals surface area contributed by atoms with E-state index >= 15 is 0 Å². The molecule has 0 atom stereocenters. The van der Waals surface area contributed by atoms with Crippen molar-refractivity contribution in [1.29, 1.82) is 0 Å². The third kappa shape index (κ3) is 3.81. The number of pyridine rings is 1. The number of ether oxygens (including phenoxy) is 1. The van der Waals surface area contributed by atoms with Crippen LogP contribution in [-0.4, -0.2) is 18.0 Å². The van der Waals surface area contributed by atoms with Crippen molar-refractivity contribution >= 4 is 0 Å². The lowest BCUT2D eigenvalue weighted by Gasteiger charge is -2.19. The van der Waals surface area contributed by atoms with E-state index in [1.807, 2.05) is 26.8 Å². The lowest BCUT2D eigenvalue weighted by molar-refractivity contribution is 0.0795. The van der Waals surface area contributed by atoms with Crippen LogP contribution in [0.25, 0.3) is 0 Å². The molecular formula is C11H15F2NO. The quantitative estimate of drug-likeness (QED) is 0.773. The monoisotopic (exact) mass is 215 g/mol. The highest BCUT2D eigenvalue weighted by atomic mass is 19.3. The van der Waals surface area contributed by atoms with Crippen LogP contribution in [0.4, 0.5) is 8.78 Å². The second-order valence-corrected chi connectivity index (χ2v) is 4.33. The SMILES string of the molecule is CC(C)(C)c1ccnc(OCC(F)F)c1. The van der Waals surface area contributed by atoms with Crippen LogP contribution in [0.5, 0.6) is 5.88 Å². The van der Waals surface area contributed by atoms with Gasteiger partial charge in [-0.3, -0.25) is 0 Å². The van der Waals surface area contributed by atoms with E-state index in [0.29, 0.717) is 0 Å². The van der Waals surface area contributed by atoms with E-state index in [-0.39, 0.29) is 11.3 Å². The van der Waals surface area contributed by atoms with Gasteiger partial charge in [0, 0.05) is 12.3 Å². The van der Waals surface area contributed by atoms with E-state index in [0.717, 1.165) is 5.56 Å². The number of halogens is 2. The number of alkyl halides is 2. The van der Waals surface area contributed by atoms with Gasteiger partial charge in [-0.05, 0) is 17.0 Å². The largest absolute Gasteiger partial charge is 0.472 e. The first-order valence-corrected chi connectivity index (χ1v) is 4.77. The van der Waals surface area contributed by atoms with Crippen LogP contribution in [-0.2, 0) is 5.41 Å². The maximum atomic E-state index is 11.9. The molecule has 84 valence electrons. The molecule has 0 aromatic carbocycles. The maximum Gasteiger partial charge on any atom is 0.272 e. The highest BCUT2D eigenvalue weighted by molar-refractivity contribution is 5.26. The summed E-state index contributed by atoms with van der Waals surface area (Å²) in [5.74, 6) is 0.253. The molecule has 0 saturated carbocycles. The molecule has 1 rings (SSSR count). The molecule has 0 aliphatic heterocycles. The second-order valence-electron chi connectivity index (χ2n) is 4.33. The minimum atomic E-state index is -2.47. The maximum absolute atomic E-state index is 11.9. The lowest BCUT2D eigenvalue weighted by atomic mass is 9.88. The van der Waals surface area contributed by atoms with Crippen LogP contribution in [0.1, 0.15) is 26.3 Å². The van der Waals surface area contributed by atoms with Gasteiger partial charge >= 0.3 is 0 Å². The molecule has 2 nitrogen and oxygen atoms in total. The number of hydrogen-bond acceptors (Lipinski definition) is 2. The highest BCUT2D eigenvalue weighted by Gasteiger charge is 2.14. The van der Waals surface area contributed by atoms with Gasteiger partial charge in [0.1, 0.15) is 0 Å². The Morgan fingerprint density at radius 2 is 2.07 bits per heavy atom. The van der Waals surface area contributed by atoms with E-state index in [1.54, 1.807) is 12.3 Å². The summed E-state index contributed by atoms with van der Waals surface area (Å²) in [6.45, 7) is 5.51. The zero-order chi connectivity index (χ0) is 11.5. The van der Waals surface area contributed by atoms with Crippen molar-refractivity contribution in [2.24, 2.45) is 0 Å². The summed E-state index contributed by atoms with van der Waals surface area (Å²) in [4.78, 5) is 3.87. The molecule has 15 heavy (non-hydrogen) atoms. The molecule has 0 unspecified atom stereocenters. The van der Waals surface area contributed by atoms with Crippen LogP contribution in [0, 0.1) is 0 Å². The average Bonchev–Trinajstić information content (AvgIpc) is 2.14. The molecular weight excluding hydrogens is 200 g/mol. The second kappa shape index (κ2) is 4.55. The standard InChI is InChI=1S/C11H15F2NO/c1-11(2,3)8-4-5-14-10(6-8)15-7-9(12)13/h4-6,9H,7H2,1-3H3. The summed E-state index contributed by atoms with van der Waals surface area (Å²) in [5.41, 5.74) is 0.980. The van der Waals surface area contributed by atoms with Gasteiger partial charge in [0.05, 0.1) is 0 Å². The number of nitrogens with zero attached hydrogens (tertiary/aromatic N) is 1. The molecule has 0 amide bonds. The van der Waals surface area contributed by atoms with E-state index in [1.165, 1.54) is 0 Å². The van der Waals surface area contributed by atoms with Gasteiger partial charge in [0.2, 0.25) is 5.88 Å². The van der Waals surface area contributed by atoms with E-state index in [2.05, 4.69) is 4.98 Å². The zero-order valence-corrected chi connectivity index (χ0v) is 9.13. The Kier molecular flexibility index (Phi) is 3.61. The van der Waals surface area contributed by atoms with Gasteiger partial charge in [-0.15, -0.1) is 0 Å². The van der Waals surface area contributed by atoms with Crippen molar-refractivity contribution in [3.63, 3.8) is 0 Å². The lowest BCUT2D eigenvalue weighted by Crippen LogP contribution is -2.13. The first-order chi connectivity index (χ1) is 6.89. The molecule has 0 radical (unpaired) electrons. The van der Waals surface area contributed by atoms with Gasteiger partial charge in [0.15, 0.2) is 6.61 Å². The summed E-state index contributed by atoms with van der Waals surface area (Å²) in [5, 5.41) is 0. The van der Waals surface area contributed by atoms with E-state index in [4.69, 9.17) is 4.74 Å². The summed E-state index contributed by atoms with van der Waals surface area (Å²) in [6.07, 6.45) is -0.897. The molecule has 4 heteroatoms. The number of aromatic nitrogens is 1. The molecule has 0 aliphatic carbocycles. The predicted octanol–water partition coefficient (Wildman–Crippen LogP) is 3.02. The molecule has 1 aromatic heterocycles. The molecule has 1 heterocycles. The Balaban J connectivity index is 2.75. The molecule has 0 saturated heterocycles. The van der Waals surface area contributed by atoms with Gasteiger partial charge in [-0.25, -0.2) is 13.8 Å². The topological polar surface area (TPSA) is 22.1 Å². The zero-order valence-electron chi connectivity index (χ0n) is 9.13. The van der Waals surface area contributed by atoms with Crippen LogP contribution in [0.15, 0.2) is 18.3 Å². The van der Waals surface area contributed by atoms with Crippen LogP contribution in [0.2, 0.25) is 0 Å².